The Labute approximate surface area is 73.1 Å². The van der Waals surface area contributed by atoms with E-state index in [-0.39, 0.29) is 0 Å². The predicted octanol–water partition coefficient (Wildman–Crippen LogP) is 1.04. The molecule has 3 nitrogen and oxygen atoms in total. The van der Waals surface area contributed by atoms with Crippen LogP contribution in [-0.4, -0.2) is 22.9 Å². The molecule has 12 heavy (non-hydrogen) atoms. The van der Waals surface area contributed by atoms with E-state index in [0.717, 1.165) is 18.8 Å². The van der Waals surface area contributed by atoms with Gasteiger partial charge >= 0.3 is 0 Å². The molecule has 0 unspecified atom stereocenters. The Morgan fingerprint density at radius 2 is 2.50 bits per heavy atom. The van der Waals surface area contributed by atoms with Crippen LogP contribution in [0.5, 0.6) is 0 Å². The molecule has 0 amide bonds. The number of aromatic nitrogens is 2. The first-order valence-electron chi connectivity index (χ1n) is 4.20. The first-order chi connectivity index (χ1) is 5.84. The van der Waals surface area contributed by atoms with Gasteiger partial charge in [-0.25, -0.2) is 0 Å². The second kappa shape index (κ2) is 4.72. The average Bonchev–Trinajstić information content (AvgIpc) is 2.46. The van der Waals surface area contributed by atoms with Crippen LogP contribution in [0.1, 0.15) is 12.6 Å². The first-order valence-corrected chi connectivity index (χ1v) is 4.20. The molecule has 66 valence electrons. The lowest BCUT2D eigenvalue weighted by atomic mass is 10.4. The predicted molar refractivity (Wildman–Crippen MR) is 50.8 cm³/mol. The summed E-state index contributed by atoms with van der Waals surface area (Å²) in [7, 11) is 1.94. The van der Waals surface area contributed by atoms with Crippen molar-refractivity contribution in [3.8, 4) is 0 Å². The molecule has 0 aliphatic heterocycles. The molecule has 0 aromatic carbocycles. The molecule has 1 aromatic rings. The fourth-order valence-corrected chi connectivity index (χ4v) is 0.955. The number of aryl methyl sites for hydroxylation is 1. The van der Waals surface area contributed by atoms with Crippen LogP contribution in [0.3, 0.4) is 0 Å². The van der Waals surface area contributed by atoms with Gasteiger partial charge in [0.2, 0.25) is 0 Å². The van der Waals surface area contributed by atoms with Crippen molar-refractivity contribution < 1.29 is 0 Å². The van der Waals surface area contributed by atoms with Crippen LogP contribution in [0.25, 0.3) is 6.08 Å². The Balaban J connectivity index is 2.41. The Hall–Kier alpha value is -1.09. The second-order valence-corrected chi connectivity index (χ2v) is 2.59. The fourth-order valence-electron chi connectivity index (χ4n) is 0.955. The van der Waals surface area contributed by atoms with Crippen molar-refractivity contribution in [3.05, 3.63) is 24.0 Å². The zero-order valence-electron chi connectivity index (χ0n) is 7.62. The summed E-state index contributed by atoms with van der Waals surface area (Å²) in [5.41, 5.74) is 1.13. The minimum Gasteiger partial charge on any atom is -0.314 e. The molecule has 1 aromatic heterocycles. The van der Waals surface area contributed by atoms with Crippen LogP contribution in [0.2, 0.25) is 0 Å². The maximum absolute atomic E-state index is 4.06. The highest BCUT2D eigenvalue weighted by Gasteiger charge is 1.89. The Bertz CT molecular complexity index is 250. The van der Waals surface area contributed by atoms with E-state index in [0.29, 0.717) is 0 Å². The molecule has 0 saturated carbocycles. The van der Waals surface area contributed by atoms with E-state index in [1.165, 1.54) is 0 Å². The minimum absolute atomic E-state index is 0.918. The van der Waals surface area contributed by atoms with Gasteiger partial charge in [-0.3, -0.25) is 4.68 Å². The molecule has 0 aliphatic rings. The van der Waals surface area contributed by atoms with Crippen LogP contribution in [0.4, 0.5) is 0 Å². The highest BCUT2D eigenvalue weighted by molar-refractivity contribution is 5.44. The Morgan fingerprint density at radius 3 is 3.08 bits per heavy atom. The first kappa shape index (κ1) is 9.00. The standard InChI is InChI=1S/C9H15N3/c1-3-10-7-4-5-9-6-8-11-12(9)2/h4-6,8,10H,3,7H2,1-2H3/b5-4+. The van der Waals surface area contributed by atoms with Gasteiger partial charge in [0, 0.05) is 19.8 Å². The van der Waals surface area contributed by atoms with Gasteiger partial charge in [-0.2, -0.15) is 5.10 Å². The highest BCUT2D eigenvalue weighted by atomic mass is 15.2. The zero-order valence-corrected chi connectivity index (χ0v) is 7.62. The molecule has 0 bridgehead atoms. The smallest absolute Gasteiger partial charge is 0.0603 e. The van der Waals surface area contributed by atoms with Gasteiger partial charge in [0.05, 0.1) is 5.69 Å². The van der Waals surface area contributed by atoms with E-state index in [1.807, 2.05) is 17.8 Å². The third kappa shape index (κ3) is 2.51. The molecule has 0 spiro atoms. The summed E-state index contributed by atoms with van der Waals surface area (Å²) in [6.07, 6.45) is 5.96. The van der Waals surface area contributed by atoms with Crippen LogP contribution in [-0.2, 0) is 7.05 Å². The van der Waals surface area contributed by atoms with Crippen molar-refractivity contribution in [2.75, 3.05) is 13.1 Å². The van der Waals surface area contributed by atoms with E-state index in [4.69, 9.17) is 0 Å². The van der Waals surface area contributed by atoms with Crippen LogP contribution in [0, 0.1) is 0 Å². The van der Waals surface area contributed by atoms with Crippen molar-refractivity contribution >= 4 is 6.08 Å². The third-order valence-corrected chi connectivity index (χ3v) is 1.66. The maximum Gasteiger partial charge on any atom is 0.0603 e. The summed E-state index contributed by atoms with van der Waals surface area (Å²) in [4.78, 5) is 0. The van der Waals surface area contributed by atoms with Crippen molar-refractivity contribution in [1.29, 1.82) is 0 Å². The van der Waals surface area contributed by atoms with Gasteiger partial charge in [-0.15, -0.1) is 0 Å². The molecule has 0 fully saturated rings. The SMILES string of the molecule is CCNC/C=C/c1ccnn1C. The van der Waals surface area contributed by atoms with Gasteiger partial charge in [0.1, 0.15) is 0 Å². The normalized spacial score (nSPS) is 11.2. The van der Waals surface area contributed by atoms with Crippen LogP contribution in [0.15, 0.2) is 18.3 Å². The van der Waals surface area contributed by atoms with Gasteiger partial charge < -0.3 is 5.32 Å². The molecule has 1 rings (SSSR count). The summed E-state index contributed by atoms with van der Waals surface area (Å²) >= 11 is 0. The van der Waals surface area contributed by atoms with E-state index >= 15 is 0 Å². The number of likely N-dealkylation sites (N-methyl/N-ethyl adjacent to an activating group) is 1. The quantitative estimate of drug-likeness (QED) is 0.676. The molecule has 3 heteroatoms. The fraction of sp³-hybridized carbons (Fsp3) is 0.444. The van der Waals surface area contributed by atoms with Gasteiger partial charge in [-0.05, 0) is 18.7 Å². The maximum atomic E-state index is 4.06. The number of rotatable bonds is 4. The lowest BCUT2D eigenvalue weighted by molar-refractivity contribution is 0.758. The van der Waals surface area contributed by atoms with Gasteiger partial charge in [0.15, 0.2) is 0 Å². The molecular formula is C9H15N3. The topological polar surface area (TPSA) is 29.9 Å². The number of hydrogen-bond acceptors (Lipinski definition) is 2. The number of nitrogens with one attached hydrogen (secondary N) is 1. The van der Waals surface area contributed by atoms with Crippen molar-refractivity contribution in [2.45, 2.75) is 6.92 Å². The number of hydrogen-bond donors (Lipinski definition) is 1. The Kier molecular flexibility index (Phi) is 3.54. The van der Waals surface area contributed by atoms with Gasteiger partial charge in [0.25, 0.3) is 0 Å². The molecule has 1 heterocycles. The van der Waals surface area contributed by atoms with E-state index in [9.17, 15) is 0 Å². The lowest BCUT2D eigenvalue weighted by Gasteiger charge is -1.94. The molecule has 1 N–H and O–H groups in total. The average molecular weight is 165 g/mol. The molecule has 0 aliphatic carbocycles. The van der Waals surface area contributed by atoms with Crippen molar-refractivity contribution in [2.24, 2.45) is 7.05 Å². The largest absolute Gasteiger partial charge is 0.314 e. The monoisotopic (exact) mass is 165 g/mol. The molecule has 0 saturated heterocycles. The summed E-state index contributed by atoms with van der Waals surface area (Å²) in [5.74, 6) is 0. The Morgan fingerprint density at radius 1 is 1.67 bits per heavy atom. The molecule has 0 radical (unpaired) electrons. The van der Waals surface area contributed by atoms with Gasteiger partial charge in [-0.1, -0.05) is 13.0 Å². The lowest BCUT2D eigenvalue weighted by Crippen LogP contribution is -2.11. The highest BCUT2D eigenvalue weighted by Crippen LogP contribution is 1.97. The van der Waals surface area contributed by atoms with Crippen LogP contribution < -0.4 is 5.32 Å². The van der Waals surface area contributed by atoms with E-state index in [2.05, 4.69) is 29.5 Å². The zero-order chi connectivity index (χ0) is 8.81. The third-order valence-electron chi connectivity index (χ3n) is 1.66. The summed E-state index contributed by atoms with van der Waals surface area (Å²) < 4.78 is 1.85. The van der Waals surface area contributed by atoms with Crippen LogP contribution >= 0.6 is 0 Å². The van der Waals surface area contributed by atoms with E-state index < -0.39 is 0 Å². The van der Waals surface area contributed by atoms with Crippen molar-refractivity contribution in [1.82, 2.24) is 15.1 Å². The minimum atomic E-state index is 0.918. The summed E-state index contributed by atoms with van der Waals surface area (Å²) in [6, 6.07) is 1.99. The van der Waals surface area contributed by atoms with E-state index in [1.54, 1.807) is 6.20 Å². The number of nitrogens with zero attached hydrogens (tertiary/aromatic N) is 2. The second-order valence-electron chi connectivity index (χ2n) is 2.59. The summed E-state index contributed by atoms with van der Waals surface area (Å²) in [5, 5.41) is 7.27. The molecule has 0 atom stereocenters. The van der Waals surface area contributed by atoms with Crippen molar-refractivity contribution in [3.63, 3.8) is 0 Å². The molecular weight excluding hydrogens is 150 g/mol. The summed E-state index contributed by atoms with van der Waals surface area (Å²) in [6.45, 7) is 4.02.